The molecule has 6 nitrogen and oxygen atoms in total. The van der Waals surface area contributed by atoms with Crippen molar-refractivity contribution in [2.45, 2.75) is 18.0 Å². The van der Waals surface area contributed by atoms with Crippen LogP contribution in [-0.4, -0.2) is 18.6 Å². The minimum Gasteiger partial charge on any atom is -0.454 e. The van der Waals surface area contributed by atoms with Crippen LogP contribution < -0.4 is 19.7 Å². The Kier molecular flexibility index (Phi) is 6.77. The highest BCUT2D eigenvalue weighted by atomic mass is 32.2. The van der Waals surface area contributed by atoms with Gasteiger partial charge in [0.1, 0.15) is 5.82 Å². The van der Waals surface area contributed by atoms with Gasteiger partial charge in [-0.25, -0.2) is 4.39 Å². The molecule has 0 saturated heterocycles. The van der Waals surface area contributed by atoms with Crippen molar-refractivity contribution in [2.75, 3.05) is 11.7 Å². The number of nitrogens with zero attached hydrogens (tertiary/aromatic N) is 1. The minimum atomic E-state index is -0.348. The molecular weight excluding hydrogens is 515 g/mol. The summed E-state index contributed by atoms with van der Waals surface area (Å²) in [5, 5.41) is 2.91. The summed E-state index contributed by atoms with van der Waals surface area (Å²) in [6.45, 7) is 0.681. The normalized spacial score (nSPS) is 14.8. The molecule has 0 aromatic heterocycles. The highest BCUT2D eigenvalue weighted by Crippen LogP contribution is 2.42. The van der Waals surface area contributed by atoms with E-state index in [2.05, 4.69) is 5.32 Å². The van der Waals surface area contributed by atoms with E-state index in [4.69, 9.17) is 9.47 Å². The standard InChI is InChI=1S/C31H23FN2O4S/c32-24-6-2-1-5-23(24)18-34-25-7-3-4-8-28(25)39-29(31(34)36)16-20-9-12-22(13-10-20)30(35)33-17-21-11-14-26-27(15-21)38-19-37-26/h1-16H,17-19H2,(H,33,35)/b29-16-. The van der Waals surface area contributed by atoms with Crippen LogP contribution in [0.15, 0.2) is 101 Å². The molecule has 6 rings (SSSR count). The second-order valence-electron chi connectivity index (χ2n) is 9.05. The van der Waals surface area contributed by atoms with E-state index in [-0.39, 0.29) is 31.0 Å². The molecule has 2 heterocycles. The van der Waals surface area contributed by atoms with Crippen LogP contribution in [0, 0.1) is 5.82 Å². The fourth-order valence-electron chi connectivity index (χ4n) is 4.43. The average Bonchev–Trinajstić information content (AvgIpc) is 3.43. The zero-order valence-electron chi connectivity index (χ0n) is 20.7. The first-order valence-corrected chi connectivity index (χ1v) is 13.2. The molecule has 0 saturated carbocycles. The van der Waals surface area contributed by atoms with E-state index in [1.54, 1.807) is 53.4 Å². The predicted octanol–water partition coefficient (Wildman–Crippen LogP) is 6.16. The number of amides is 2. The molecule has 0 radical (unpaired) electrons. The third-order valence-electron chi connectivity index (χ3n) is 6.48. The lowest BCUT2D eigenvalue weighted by Crippen LogP contribution is -2.34. The molecule has 0 spiro atoms. The number of rotatable bonds is 6. The summed E-state index contributed by atoms with van der Waals surface area (Å²) >= 11 is 1.38. The van der Waals surface area contributed by atoms with E-state index in [1.165, 1.54) is 17.8 Å². The van der Waals surface area contributed by atoms with Crippen molar-refractivity contribution in [1.82, 2.24) is 5.32 Å². The summed E-state index contributed by atoms with van der Waals surface area (Å²) in [5.41, 5.74) is 3.39. The van der Waals surface area contributed by atoms with Crippen molar-refractivity contribution in [2.24, 2.45) is 0 Å². The topological polar surface area (TPSA) is 67.9 Å². The largest absolute Gasteiger partial charge is 0.454 e. The lowest BCUT2D eigenvalue weighted by Gasteiger charge is -2.30. The molecule has 2 amide bonds. The second-order valence-corrected chi connectivity index (χ2v) is 10.1. The van der Waals surface area contributed by atoms with E-state index in [9.17, 15) is 14.0 Å². The van der Waals surface area contributed by atoms with Crippen molar-refractivity contribution >= 4 is 35.3 Å². The number of para-hydroxylation sites is 1. The summed E-state index contributed by atoms with van der Waals surface area (Å²) in [6, 6.07) is 26.7. The number of carbonyl (C=O) groups excluding carboxylic acids is 2. The Labute approximate surface area is 229 Å². The summed E-state index contributed by atoms with van der Waals surface area (Å²) in [5.74, 6) is 0.610. The SMILES string of the molecule is O=C(NCc1ccc2c(c1)OCO2)c1ccc(/C=C2\Sc3ccccc3N(Cc3ccccc3F)C2=O)cc1. The number of hydrogen-bond donors (Lipinski definition) is 1. The molecule has 0 atom stereocenters. The van der Waals surface area contributed by atoms with E-state index in [0.29, 0.717) is 34.1 Å². The third kappa shape index (κ3) is 5.24. The molecular formula is C31H23FN2O4S. The van der Waals surface area contributed by atoms with E-state index < -0.39 is 0 Å². The van der Waals surface area contributed by atoms with Crippen LogP contribution in [0.1, 0.15) is 27.0 Å². The van der Waals surface area contributed by atoms with Gasteiger partial charge in [0.25, 0.3) is 11.8 Å². The fraction of sp³-hybridized carbons (Fsp3) is 0.0968. The van der Waals surface area contributed by atoms with Gasteiger partial charge in [-0.3, -0.25) is 9.59 Å². The van der Waals surface area contributed by atoms with E-state index >= 15 is 0 Å². The van der Waals surface area contributed by atoms with Crippen molar-refractivity contribution in [1.29, 1.82) is 0 Å². The molecule has 0 bridgehead atoms. The number of nitrogens with one attached hydrogen (secondary N) is 1. The number of ether oxygens (including phenoxy) is 2. The molecule has 8 heteroatoms. The van der Waals surface area contributed by atoms with Crippen molar-refractivity contribution in [3.05, 3.63) is 124 Å². The number of thioether (sulfide) groups is 1. The Morgan fingerprint density at radius 3 is 2.56 bits per heavy atom. The Bertz CT molecular complexity index is 1600. The maximum atomic E-state index is 14.4. The first-order valence-electron chi connectivity index (χ1n) is 12.4. The minimum absolute atomic E-state index is 0.128. The molecule has 194 valence electrons. The average molecular weight is 539 g/mol. The van der Waals surface area contributed by atoms with Gasteiger partial charge < -0.3 is 19.7 Å². The number of hydrogen-bond acceptors (Lipinski definition) is 5. The molecule has 0 aliphatic carbocycles. The highest BCUT2D eigenvalue weighted by molar-refractivity contribution is 8.04. The zero-order valence-corrected chi connectivity index (χ0v) is 21.5. The molecule has 2 aliphatic heterocycles. The summed E-state index contributed by atoms with van der Waals surface area (Å²) in [4.78, 5) is 29.3. The maximum absolute atomic E-state index is 14.4. The molecule has 0 fully saturated rings. The van der Waals surface area contributed by atoms with Crippen LogP contribution in [-0.2, 0) is 17.9 Å². The van der Waals surface area contributed by atoms with Crippen molar-refractivity contribution in [3.8, 4) is 11.5 Å². The van der Waals surface area contributed by atoms with Gasteiger partial charge in [-0.15, -0.1) is 0 Å². The van der Waals surface area contributed by atoms with Gasteiger partial charge in [-0.2, -0.15) is 0 Å². The molecule has 39 heavy (non-hydrogen) atoms. The summed E-state index contributed by atoms with van der Waals surface area (Å²) in [6.07, 6.45) is 1.80. The first kappa shape index (κ1) is 24.8. The molecule has 1 N–H and O–H groups in total. The van der Waals surface area contributed by atoms with Gasteiger partial charge in [-0.1, -0.05) is 60.3 Å². The van der Waals surface area contributed by atoms with E-state index in [0.717, 1.165) is 21.7 Å². The smallest absolute Gasteiger partial charge is 0.265 e. The van der Waals surface area contributed by atoms with Crippen LogP contribution in [0.4, 0.5) is 10.1 Å². The molecule has 4 aromatic carbocycles. The Hall–Kier alpha value is -4.56. The van der Waals surface area contributed by atoms with Gasteiger partial charge in [0.2, 0.25) is 6.79 Å². The first-order chi connectivity index (χ1) is 19.0. The van der Waals surface area contributed by atoms with Gasteiger partial charge in [0.05, 0.1) is 17.1 Å². The highest BCUT2D eigenvalue weighted by Gasteiger charge is 2.29. The number of halogens is 1. The van der Waals surface area contributed by atoms with Gasteiger partial charge in [0.15, 0.2) is 11.5 Å². The lowest BCUT2D eigenvalue weighted by atomic mass is 10.1. The third-order valence-corrected chi connectivity index (χ3v) is 7.56. The number of fused-ring (bicyclic) bond motifs is 2. The van der Waals surface area contributed by atoms with Gasteiger partial charge >= 0.3 is 0 Å². The van der Waals surface area contributed by atoms with Crippen LogP contribution in [0.25, 0.3) is 6.08 Å². The second kappa shape index (κ2) is 10.7. The quantitative estimate of drug-likeness (QED) is 0.298. The predicted molar refractivity (Wildman–Crippen MR) is 148 cm³/mol. The number of benzene rings is 4. The number of carbonyl (C=O) groups is 2. The molecule has 0 unspecified atom stereocenters. The van der Waals surface area contributed by atoms with Gasteiger partial charge in [-0.05, 0) is 59.7 Å². The Morgan fingerprint density at radius 2 is 1.72 bits per heavy atom. The summed E-state index contributed by atoms with van der Waals surface area (Å²) in [7, 11) is 0. The van der Waals surface area contributed by atoms with E-state index in [1.807, 2.05) is 42.5 Å². The van der Waals surface area contributed by atoms with Crippen LogP contribution in [0.5, 0.6) is 11.5 Å². The molecule has 4 aromatic rings. The van der Waals surface area contributed by atoms with Crippen LogP contribution in [0.3, 0.4) is 0 Å². The molecule has 2 aliphatic rings. The monoisotopic (exact) mass is 538 g/mol. The maximum Gasteiger partial charge on any atom is 0.265 e. The summed E-state index contributed by atoms with van der Waals surface area (Å²) < 4.78 is 25.1. The Morgan fingerprint density at radius 1 is 0.949 bits per heavy atom. The lowest BCUT2D eigenvalue weighted by molar-refractivity contribution is -0.114. The van der Waals surface area contributed by atoms with Gasteiger partial charge in [0, 0.05) is 22.6 Å². The van der Waals surface area contributed by atoms with Crippen molar-refractivity contribution in [3.63, 3.8) is 0 Å². The zero-order chi connectivity index (χ0) is 26.8. The van der Waals surface area contributed by atoms with Crippen LogP contribution in [0.2, 0.25) is 0 Å². The van der Waals surface area contributed by atoms with Crippen molar-refractivity contribution < 1.29 is 23.5 Å². The Balaban J connectivity index is 1.17. The number of anilines is 1. The van der Waals surface area contributed by atoms with Crippen LogP contribution >= 0.6 is 11.8 Å². The fourth-order valence-corrected chi connectivity index (χ4v) is 5.49.